The van der Waals surface area contributed by atoms with Crippen LogP contribution in [0.3, 0.4) is 0 Å². The maximum Gasteiger partial charge on any atom is 0.422 e. The van der Waals surface area contributed by atoms with Gasteiger partial charge in [-0.25, -0.2) is 19.2 Å². The van der Waals surface area contributed by atoms with Gasteiger partial charge in [0.2, 0.25) is 13.6 Å². The number of halogens is 6. The molecule has 1 saturated carbocycles. The fourth-order valence-electron chi connectivity index (χ4n) is 4.06. The Morgan fingerprint density at radius 1 is 0.600 bits per heavy atom. The van der Waals surface area contributed by atoms with Crippen LogP contribution < -0.4 is 9.47 Å². The molecule has 1 aliphatic carbocycles. The van der Waals surface area contributed by atoms with Crippen molar-refractivity contribution in [3.63, 3.8) is 0 Å². The highest BCUT2D eigenvalue weighted by molar-refractivity contribution is 5.90. The molecule has 0 atom stereocenters. The first-order valence-corrected chi connectivity index (χ1v) is 14.6. The third kappa shape index (κ3) is 13.2. The molecule has 0 aliphatic heterocycles. The Bertz CT molecular complexity index is 1460. The standard InChI is InChI=1S/C34H30F6O10/c1-21(33(35,36)37)31(43)47-19-45-25-9-3-23(4-10-25)7-17-29(41)49-27-13-15-28(16-14-27)50-30(42)18-8-24-5-11-26(12-6-24)46-20-48-32(44)22(2)34(38,39)40/h3-12,17-18,27-28H,1-2,13-16,19-20H2/b17-7-,18-8-. The molecule has 0 radical (unpaired) electrons. The Kier molecular flexibility index (Phi) is 13.8. The van der Waals surface area contributed by atoms with E-state index in [0.717, 1.165) is 0 Å². The molecule has 0 aromatic heterocycles. The molecule has 0 saturated heterocycles. The van der Waals surface area contributed by atoms with Gasteiger partial charge in [-0.3, -0.25) is 0 Å². The first kappa shape index (κ1) is 38.9. The van der Waals surface area contributed by atoms with Gasteiger partial charge in [0, 0.05) is 12.2 Å². The van der Waals surface area contributed by atoms with E-state index in [0.29, 0.717) is 36.8 Å². The number of esters is 4. The molecular formula is C34H30F6O10. The van der Waals surface area contributed by atoms with E-state index in [4.69, 9.17) is 18.9 Å². The lowest BCUT2D eigenvalue weighted by atomic mass is 9.95. The van der Waals surface area contributed by atoms with Gasteiger partial charge in [0.25, 0.3) is 0 Å². The molecule has 0 spiro atoms. The van der Waals surface area contributed by atoms with E-state index in [2.05, 4.69) is 22.6 Å². The van der Waals surface area contributed by atoms with Crippen molar-refractivity contribution < 1.29 is 73.9 Å². The van der Waals surface area contributed by atoms with E-state index >= 15 is 0 Å². The molecule has 0 unspecified atom stereocenters. The van der Waals surface area contributed by atoms with Crippen molar-refractivity contribution in [1.29, 1.82) is 0 Å². The zero-order valence-electron chi connectivity index (χ0n) is 26.1. The molecule has 3 rings (SSSR count). The second-order valence-electron chi connectivity index (χ2n) is 10.4. The second-order valence-corrected chi connectivity index (χ2v) is 10.4. The molecule has 10 nitrogen and oxygen atoms in total. The predicted molar refractivity (Wildman–Crippen MR) is 163 cm³/mol. The lowest BCUT2D eigenvalue weighted by Crippen LogP contribution is -2.29. The molecule has 16 heteroatoms. The summed E-state index contributed by atoms with van der Waals surface area (Å²) in [6.45, 7) is 3.74. The van der Waals surface area contributed by atoms with E-state index in [1.54, 1.807) is 24.3 Å². The van der Waals surface area contributed by atoms with Crippen LogP contribution in [0.4, 0.5) is 26.3 Å². The number of hydrogen-bond acceptors (Lipinski definition) is 10. The topological polar surface area (TPSA) is 124 Å². The van der Waals surface area contributed by atoms with Crippen LogP contribution in [0.1, 0.15) is 36.8 Å². The van der Waals surface area contributed by atoms with Gasteiger partial charge in [0.1, 0.15) is 34.9 Å². The highest BCUT2D eigenvalue weighted by Gasteiger charge is 2.38. The van der Waals surface area contributed by atoms with Crippen LogP contribution in [0.5, 0.6) is 11.5 Å². The Hall–Kier alpha value is -5.54. The minimum absolute atomic E-state index is 0.201. The summed E-state index contributed by atoms with van der Waals surface area (Å²) in [6, 6.07) is 12.0. The second kappa shape index (κ2) is 17.7. The van der Waals surface area contributed by atoms with Crippen LogP contribution in [0.25, 0.3) is 12.2 Å². The van der Waals surface area contributed by atoms with Crippen molar-refractivity contribution in [3.05, 3.63) is 96.1 Å². The highest BCUT2D eigenvalue weighted by Crippen LogP contribution is 2.27. The number of rotatable bonds is 14. The summed E-state index contributed by atoms with van der Waals surface area (Å²) in [5.74, 6) is -4.08. The Morgan fingerprint density at radius 3 is 1.22 bits per heavy atom. The van der Waals surface area contributed by atoms with Gasteiger partial charge in [-0.2, -0.15) is 26.3 Å². The zero-order chi connectivity index (χ0) is 36.9. The van der Waals surface area contributed by atoms with E-state index < -0.39 is 61.0 Å². The van der Waals surface area contributed by atoms with E-state index in [-0.39, 0.29) is 23.7 Å². The average Bonchev–Trinajstić information content (AvgIpc) is 3.06. The Morgan fingerprint density at radius 2 is 0.920 bits per heavy atom. The first-order valence-electron chi connectivity index (χ1n) is 14.6. The summed E-state index contributed by atoms with van der Waals surface area (Å²) >= 11 is 0. The van der Waals surface area contributed by atoms with Crippen LogP contribution >= 0.6 is 0 Å². The molecule has 1 aliphatic rings. The minimum Gasteiger partial charge on any atom is -0.459 e. The van der Waals surface area contributed by atoms with Gasteiger partial charge < -0.3 is 28.4 Å². The van der Waals surface area contributed by atoms with Gasteiger partial charge in [0.15, 0.2) is 0 Å². The quantitative estimate of drug-likeness (QED) is 0.0679. The van der Waals surface area contributed by atoms with Crippen molar-refractivity contribution in [2.24, 2.45) is 0 Å². The van der Waals surface area contributed by atoms with Crippen LogP contribution in [0, 0.1) is 0 Å². The molecule has 0 N–H and O–H groups in total. The zero-order valence-corrected chi connectivity index (χ0v) is 26.1. The minimum atomic E-state index is -4.91. The van der Waals surface area contributed by atoms with Crippen molar-refractivity contribution in [2.45, 2.75) is 50.2 Å². The van der Waals surface area contributed by atoms with E-state index in [1.165, 1.54) is 48.6 Å². The first-order chi connectivity index (χ1) is 23.5. The largest absolute Gasteiger partial charge is 0.459 e. The number of benzene rings is 2. The maximum absolute atomic E-state index is 12.4. The Balaban J connectivity index is 1.32. The van der Waals surface area contributed by atoms with Crippen molar-refractivity contribution in [1.82, 2.24) is 0 Å². The monoisotopic (exact) mass is 712 g/mol. The number of carbonyl (C=O) groups is 4. The van der Waals surface area contributed by atoms with Crippen LogP contribution in [-0.4, -0.2) is 62.0 Å². The van der Waals surface area contributed by atoms with Gasteiger partial charge in [0.05, 0.1) is 0 Å². The smallest absolute Gasteiger partial charge is 0.422 e. The predicted octanol–water partition coefficient (Wildman–Crippen LogP) is 6.81. The molecule has 0 heterocycles. The fraction of sp³-hybridized carbons (Fsp3) is 0.294. The molecule has 0 bridgehead atoms. The molecule has 0 amide bonds. The molecule has 2 aromatic rings. The normalized spacial score (nSPS) is 16.4. The van der Waals surface area contributed by atoms with E-state index in [1.807, 2.05) is 0 Å². The maximum atomic E-state index is 12.4. The SMILES string of the molecule is C=C(C(=O)OCOc1ccc(/C=C\C(=O)OC2CCC(OC(=O)/C=C\c3ccc(OCOC(=O)C(=C)C(F)(F)F)cc3)CC2)cc1)C(F)(F)F. The van der Waals surface area contributed by atoms with Crippen LogP contribution in [-0.2, 0) is 38.1 Å². The van der Waals surface area contributed by atoms with Crippen LogP contribution in [0.15, 0.2) is 85.0 Å². The molecular weight excluding hydrogens is 682 g/mol. The summed E-state index contributed by atoms with van der Waals surface area (Å²) in [6.07, 6.45) is -3.29. The van der Waals surface area contributed by atoms with Crippen LogP contribution in [0.2, 0.25) is 0 Å². The summed E-state index contributed by atoms with van der Waals surface area (Å²) < 4.78 is 104. The van der Waals surface area contributed by atoms with Gasteiger partial charge in [-0.15, -0.1) is 0 Å². The Labute approximate surface area is 281 Å². The molecule has 2 aromatic carbocycles. The summed E-state index contributed by atoms with van der Waals surface area (Å²) in [5.41, 5.74) is -2.14. The lowest BCUT2D eigenvalue weighted by molar-refractivity contribution is -0.157. The number of alkyl halides is 6. The summed E-state index contributed by atoms with van der Waals surface area (Å²) in [7, 11) is 0. The summed E-state index contributed by atoms with van der Waals surface area (Å²) in [5, 5.41) is 0. The fourth-order valence-corrected chi connectivity index (χ4v) is 4.06. The van der Waals surface area contributed by atoms with Gasteiger partial charge >= 0.3 is 36.2 Å². The average molecular weight is 713 g/mol. The number of hydrogen-bond donors (Lipinski definition) is 0. The third-order valence-corrected chi connectivity index (χ3v) is 6.78. The highest BCUT2D eigenvalue weighted by atomic mass is 19.4. The number of ether oxygens (including phenoxy) is 6. The van der Waals surface area contributed by atoms with Crippen molar-refractivity contribution >= 4 is 36.0 Å². The molecule has 268 valence electrons. The number of carbonyl (C=O) groups excluding carboxylic acids is 4. The third-order valence-electron chi connectivity index (χ3n) is 6.78. The lowest BCUT2D eigenvalue weighted by Gasteiger charge is -2.27. The summed E-state index contributed by atoms with van der Waals surface area (Å²) in [4.78, 5) is 47.2. The van der Waals surface area contributed by atoms with Gasteiger partial charge in [-0.1, -0.05) is 37.4 Å². The van der Waals surface area contributed by atoms with Crippen molar-refractivity contribution in [2.75, 3.05) is 13.6 Å². The molecule has 50 heavy (non-hydrogen) atoms. The van der Waals surface area contributed by atoms with Crippen molar-refractivity contribution in [3.8, 4) is 11.5 Å². The van der Waals surface area contributed by atoms with Gasteiger partial charge in [-0.05, 0) is 73.2 Å². The molecule has 1 fully saturated rings. The van der Waals surface area contributed by atoms with E-state index in [9.17, 15) is 45.5 Å².